The van der Waals surface area contributed by atoms with Crippen molar-refractivity contribution in [2.45, 2.75) is 23.5 Å². The van der Waals surface area contributed by atoms with Crippen molar-refractivity contribution in [3.05, 3.63) is 29.8 Å². The molecule has 12 heavy (non-hydrogen) atoms. The second-order valence-corrected chi connectivity index (χ2v) is 5.34. The highest BCUT2D eigenvalue weighted by Crippen LogP contribution is 2.14. The highest BCUT2D eigenvalue weighted by molar-refractivity contribution is 7.87. The van der Waals surface area contributed by atoms with Crippen molar-refractivity contribution in [2.75, 3.05) is 0 Å². The van der Waals surface area contributed by atoms with E-state index in [0.717, 1.165) is 10.5 Å². The Bertz CT molecular complexity index is 279. The van der Waals surface area contributed by atoms with E-state index < -0.39 is 10.8 Å². The summed E-state index contributed by atoms with van der Waals surface area (Å²) in [6.07, 6.45) is 0. The van der Waals surface area contributed by atoms with Crippen LogP contribution in [0.2, 0.25) is 0 Å². The van der Waals surface area contributed by atoms with Crippen molar-refractivity contribution in [3.8, 4) is 0 Å². The van der Waals surface area contributed by atoms with E-state index in [1.165, 1.54) is 0 Å². The number of halogens is 1. The first kappa shape index (κ1) is 9.75. The molecule has 0 N–H and O–H groups in total. The normalized spacial score (nSPS) is 15.6. The van der Waals surface area contributed by atoms with Gasteiger partial charge >= 0.3 is 0 Å². The Kier molecular flexibility index (Phi) is 3.29. The first-order valence-electron chi connectivity index (χ1n) is 3.72. The summed E-state index contributed by atoms with van der Waals surface area (Å²) >= 11 is 5.70. The van der Waals surface area contributed by atoms with Gasteiger partial charge in [-0.15, -0.1) is 11.6 Å². The number of hydrogen-bond acceptors (Lipinski definition) is 1. The summed E-state index contributed by atoms with van der Waals surface area (Å²) in [4.78, 5) is 0.795. The van der Waals surface area contributed by atoms with Crippen LogP contribution in [0.25, 0.3) is 0 Å². The van der Waals surface area contributed by atoms with Crippen LogP contribution in [0, 0.1) is 6.92 Å². The summed E-state index contributed by atoms with van der Waals surface area (Å²) < 4.78 is 11.1. The van der Waals surface area contributed by atoms with Gasteiger partial charge in [0.25, 0.3) is 0 Å². The van der Waals surface area contributed by atoms with Crippen LogP contribution in [-0.2, 0) is 10.8 Å². The third kappa shape index (κ3) is 2.32. The van der Waals surface area contributed by atoms with Gasteiger partial charge in [-0.1, -0.05) is 17.7 Å². The molecule has 0 aliphatic carbocycles. The summed E-state index contributed by atoms with van der Waals surface area (Å²) in [6, 6.07) is 7.58. The predicted molar refractivity (Wildman–Crippen MR) is 52.9 cm³/mol. The van der Waals surface area contributed by atoms with Crippen molar-refractivity contribution >= 4 is 22.4 Å². The lowest BCUT2D eigenvalue weighted by molar-refractivity contribution is 0.682. The second kappa shape index (κ2) is 4.06. The fourth-order valence-corrected chi connectivity index (χ4v) is 1.95. The van der Waals surface area contributed by atoms with Gasteiger partial charge in [-0.25, -0.2) is 0 Å². The summed E-state index contributed by atoms with van der Waals surface area (Å²) in [5.74, 6) is 0. The molecule has 0 spiro atoms. The van der Waals surface area contributed by atoms with Crippen LogP contribution < -0.4 is 0 Å². The Labute approximate surface area is 80.2 Å². The van der Waals surface area contributed by atoms with Gasteiger partial charge in [-0.3, -0.25) is 4.21 Å². The summed E-state index contributed by atoms with van der Waals surface area (Å²) in [7, 11) is -1.08. The number of benzene rings is 1. The third-order valence-corrected chi connectivity index (χ3v) is 3.36. The molecule has 0 aliphatic heterocycles. The highest BCUT2D eigenvalue weighted by Gasteiger charge is 2.08. The standard InChI is InChI=1S/C9H11ClOS/c1-7-3-5-9(6-4-7)12(11)8(2)10/h3-6,8H,1-2H3/t8-,12+/m1/s1. The SMILES string of the molecule is Cc1ccc([S@@](=O)[C@H](C)Cl)cc1. The molecular weight excluding hydrogens is 192 g/mol. The van der Waals surface area contributed by atoms with Crippen molar-refractivity contribution in [3.63, 3.8) is 0 Å². The Morgan fingerprint density at radius 3 is 2.25 bits per heavy atom. The molecule has 1 aromatic rings. The fourth-order valence-electron chi connectivity index (χ4n) is 0.860. The topological polar surface area (TPSA) is 17.1 Å². The van der Waals surface area contributed by atoms with Gasteiger partial charge in [0.15, 0.2) is 0 Å². The van der Waals surface area contributed by atoms with Gasteiger partial charge in [0.2, 0.25) is 0 Å². The van der Waals surface area contributed by atoms with E-state index >= 15 is 0 Å². The first-order chi connectivity index (χ1) is 5.61. The van der Waals surface area contributed by atoms with E-state index in [4.69, 9.17) is 11.6 Å². The molecule has 0 heterocycles. The Morgan fingerprint density at radius 1 is 1.33 bits per heavy atom. The smallest absolute Gasteiger partial charge is 0.110 e. The maximum Gasteiger partial charge on any atom is 0.110 e. The van der Waals surface area contributed by atoms with Gasteiger partial charge in [-0.05, 0) is 26.0 Å². The number of rotatable bonds is 2. The first-order valence-corrected chi connectivity index (χ1v) is 5.37. The van der Waals surface area contributed by atoms with Crippen LogP contribution in [0.3, 0.4) is 0 Å². The predicted octanol–water partition coefficient (Wildman–Crippen LogP) is 2.69. The minimum absolute atomic E-state index is 0.326. The summed E-state index contributed by atoms with van der Waals surface area (Å²) in [5, 5.41) is 0. The minimum Gasteiger partial charge on any atom is -0.253 e. The molecule has 0 saturated heterocycles. The molecule has 0 saturated carbocycles. The van der Waals surface area contributed by atoms with Gasteiger partial charge < -0.3 is 0 Å². The van der Waals surface area contributed by atoms with E-state index in [1.54, 1.807) is 6.92 Å². The summed E-state index contributed by atoms with van der Waals surface area (Å²) in [6.45, 7) is 3.73. The molecule has 0 fully saturated rings. The molecular formula is C9H11ClOS. The van der Waals surface area contributed by atoms with Crippen molar-refractivity contribution < 1.29 is 4.21 Å². The van der Waals surface area contributed by atoms with Crippen LogP contribution >= 0.6 is 11.6 Å². The van der Waals surface area contributed by atoms with Crippen molar-refractivity contribution in [1.29, 1.82) is 0 Å². The Balaban J connectivity index is 2.90. The maximum atomic E-state index is 11.4. The number of alkyl halides is 1. The van der Waals surface area contributed by atoms with Gasteiger partial charge in [0.05, 0.1) is 10.8 Å². The highest BCUT2D eigenvalue weighted by atomic mass is 35.5. The average Bonchev–Trinajstić information content (AvgIpc) is 2.04. The quantitative estimate of drug-likeness (QED) is 0.674. The lowest BCUT2D eigenvalue weighted by Crippen LogP contribution is -2.02. The largest absolute Gasteiger partial charge is 0.253 e. The zero-order valence-corrected chi connectivity index (χ0v) is 8.65. The summed E-state index contributed by atoms with van der Waals surface area (Å²) in [5.41, 5.74) is 1.16. The fraction of sp³-hybridized carbons (Fsp3) is 0.333. The van der Waals surface area contributed by atoms with Crippen LogP contribution in [0.4, 0.5) is 0 Å². The molecule has 2 atom stereocenters. The van der Waals surface area contributed by atoms with E-state index in [9.17, 15) is 4.21 Å². The second-order valence-electron chi connectivity index (χ2n) is 2.65. The third-order valence-electron chi connectivity index (χ3n) is 1.55. The molecule has 0 aliphatic rings. The minimum atomic E-state index is -1.08. The Hall–Kier alpha value is -0.340. The van der Waals surface area contributed by atoms with E-state index in [2.05, 4.69) is 0 Å². The van der Waals surface area contributed by atoms with E-state index in [-0.39, 0.29) is 4.71 Å². The molecule has 0 amide bonds. The van der Waals surface area contributed by atoms with Crippen LogP contribution in [-0.4, -0.2) is 8.92 Å². The molecule has 3 heteroatoms. The van der Waals surface area contributed by atoms with Gasteiger partial charge in [-0.2, -0.15) is 0 Å². The maximum absolute atomic E-state index is 11.4. The average molecular weight is 203 g/mol. The zero-order chi connectivity index (χ0) is 9.14. The molecule has 1 rings (SSSR count). The van der Waals surface area contributed by atoms with Crippen molar-refractivity contribution in [2.24, 2.45) is 0 Å². The van der Waals surface area contributed by atoms with Gasteiger partial charge in [0, 0.05) is 4.90 Å². The van der Waals surface area contributed by atoms with Crippen LogP contribution in [0.15, 0.2) is 29.2 Å². The Morgan fingerprint density at radius 2 is 1.83 bits per heavy atom. The number of aryl methyl sites for hydroxylation is 1. The number of hydrogen-bond donors (Lipinski definition) is 0. The molecule has 0 radical (unpaired) electrons. The monoisotopic (exact) mass is 202 g/mol. The lowest BCUT2D eigenvalue weighted by Gasteiger charge is -2.03. The molecule has 0 aromatic heterocycles. The van der Waals surface area contributed by atoms with E-state index in [0.29, 0.717) is 0 Å². The van der Waals surface area contributed by atoms with Crippen LogP contribution in [0.5, 0.6) is 0 Å². The molecule has 66 valence electrons. The van der Waals surface area contributed by atoms with Gasteiger partial charge in [0.1, 0.15) is 4.71 Å². The van der Waals surface area contributed by atoms with Crippen molar-refractivity contribution in [1.82, 2.24) is 0 Å². The molecule has 1 aromatic carbocycles. The lowest BCUT2D eigenvalue weighted by atomic mass is 10.2. The molecule has 0 unspecified atom stereocenters. The van der Waals surface area contributed by atoms with E-state index in [1.807, 2.05) is 31.2 Å². The molecule has 1 nitrogen and oxygen atoms in total. The van der Waals surface area contributed by atoms with Crippen LogP contribution in [0.1, 0.15) is 12.5 Å². The molecule has 0 bridgehead atoms. The zero-order valence-electron chi connectivity index (χ0n) is 7.08.